The molecule has 1 amide bonds. The highest BCUT2D eigenvalue weighted by Crippen LogP contribution is 2.25. The molecule has 0 bridgehead atoms. The first-order valence-corrected chi connectivity index (χ1v) is 8.28. The molecule has 0 heterocycles. The second-order valence-electron chi connectivity index (χ2n) is 4.24. The van der Waals surface area contributed by atoms with Crippen LogP contribution in [0.15, 0.2) is 27.6 Å². The molecule has 0 aromatic heterocycles. The lowest BCUT2D eigenvalue weighted by molar-refractivity contribution is -0.120. The first-order valence-electron chi connectivity index (χ1n) is 5.62. The summed E-state index contributed by atoms with van der Waals surface area (Å²) in [6.07, 6.45) is 1.91. The molecule has 2 rings (SSSR count). The van der Waals surface area contributed by atoms with Gasteiger partial charge in [-0.25, -0.2) is 13.1 Å². The molecule has 0 saturated heterocycles. The van der Waals surface area contributed by atoms with Crippen LogP contribution in [0.1, 0.15) is 12.8 Å². The lowest BCUT2D eigenvalue weighted by atomic mass is 10.4. The van der Waals surface area contributed by atoms with Gasteiger partial charge in [-0.15, -0.1) is 0 Å². The van der Waals surface area contributed by atoms with Crippen LogP contribution >= 0.6 is 27.5 Å². The summed E-state index contributed by atoms with van der Waals surface area (Å²) in [5.74, 6) is -0.334. The summed E-state index contributed by atoms with van der Waals surface area (Å²) in [6.45, 7) is -0.286. The van der Waals surface area contributed by atoms with Gasteiger partial charge < -0.3 is 5.32 Å². The zero-order valence-electron chi connectivity index (χ0n) is 9.82. The van der Waals surface area contributed by atoms with Crippen molar-refractivity contribution in [2.45, 2.75) is 23.8 Å². The van der Waals surface area contributed by atoms with Gasteiger partial charge in [-0.2, -0.15) is 0 Å². The Kier molecular flexibility index (Phi) is 4.50. The van der Waals surface area contributed by atoms with Crippen LogP contribution in [0.2, 0.25) is 5.02 Å². The molecule has 0 aliphatic heterocycles. The zero-order chi connectivity index (χ0) is 14.0. The average molecular weight is 368 g/mol. The molecule has 5 nitrogen and oxygen atoms in total. The molecule has 0 spiro atoms. The minimum absolute atomic E-state index is 0.0448. The van der Waals surface area contributed by atoms with E-state index >= 15 is 0 Å². The molecule has 1 aromatic carbocycles. The third-order valence-electron chi connectivity index (χ3n) is 2.55. The molecular formula is C11H12BrClN2O3S. The Bertz CT molecular complexity index is 602. The maximum Gasteiger partial charge on any atom is 0.242 e. The zero-order valence-corrected chi connectivity index (χ0v) is 13.0. The largest absolute Gasteiger partial charge is 0.352 e. The van der Waals surface area contributed by atoms with Gasteiger partial charge in [-0.3, -0.25) is 4.79 Å². The summed E-state index contributed by atoms with van der Waals surface area (Å²) in [5.41, 5.74) is 0. The highest BCUT2D eigenvalue weighted by molar-refractivity contribution is 9.10. The summed E-state index contributed by atoms with van der Waals surface area (Å²) in [6, 6.07) is 4.65. The van der Waals surface area contributed by atoms with Crippen molar-refractivity contribution in [3.05, 3.63) is 27.7 Å². The van der Waals surface area contributed by atoms with E-state index in [4.69, 9.17) is 11.6 Å². The van der Waals surface area contributed by atoms with Crippen molar-refractivity contribution in [3.63, 3.8) is 0 Å². The third-order valence-corrected chi connectivity index (χ3v) is 4.93. The molecule has 104 valence electrons. The number of nitrogens with one attached hydrogen (secondary N) is 2. The maximum absolute atomic E-state index is 12.0. The molecule has 0 unspecified atom stereocenters. The van der Waals surface area contributed by atoms with Gasteiger partial charge in [0, 0.05) is 10.5 Å². The number of sulfonamides is 1. The predicted octanol–water partition coefficient (Wildman–Crippen LogP) is 1.66. The number of carbonyl (C=O) groups excluding carboxylic acids is 1. The first kappa shape index (κ1) is 14.8. The van der Waals surface area contributed by atoms with Crippen molar-refractivity contribution in [1.29, 1.82) is 0 Å². The number of benzene rings is 1. The van der Waals surface area contributed by atoms with Crippen LogP contribution in [0.3, 0.4) is 0 Å². The normalized spacial score (nSPS) is 15.3. The van der Waals surface area contributed by atoms with Crippen LogP contribution < -0.4 is 10.0 Å². The van der Waals surface area contributed by atoms with Crippen molar-refractivity contribution in [1.82, 2.24) is 10.0 Å². The fraction of sp³-hybridized carbons (Fsp3) is 0.364. The Labute approximate surface area is 124 Å². The number of carbonyl (C=O) groups is 1. The smallest absolute Gasteiger partial charge is 0.242 e. The van der Waals surface area contributed by atoms with Gasteiger partial charge in [0.15, 0.2) is 0 Å². The minimum Gasteiger partial charge on any atom is -0.352 e. The minimum atomic E-state index is -3.78. The van der Waals surface area contributed by atoms with Crippen molar-refractivity contribution in [2.75, 3.05) is 6.54 Å². The number of rotatable bonds is 5. The van der Waals surface area contributed by atoms with E-state index in [2.05, 4.69) is 26.0 Å². The molecule has 8 heteroatoms. The standard InChI is InChI=1S/C11H12BrClN2O3S/c12-7-1-4-10(9(13)5-7)19(17,18)14-6-11(16)15-8-2-3-8/h1,4-5,8,14H,2-3,6H2,(H,15,16). The third kappa shape index (κ3) is 4.17. The van der Waals surface area contributed by atoms with E-state index in [-0.39, 0.29) is 28.4 Å². The predicted molar refractivity (Wildman–Crippen MR) is 75.5 cm³/mol. The first-order chi connectivity index (χ1) is 8.88. The van der Waals surface area contributed by atoms with Gasteiger partial charge in [0.25, 0.3) is 0 Å². The number of amides is 1. The van der Waals surface area contributed by atoms with E-state index in [0.717, 1.165) is 12.8 Å². The Balaban J connectivity index is 2.02. The molecule has 1 aliphatic carbocycles. The van der Waals surface area contributed by atoms with Crippen LogP contribution in [-0.4, -0.2) is 26.9 Å². The quantitative estimate of drug-likeness (QED) is 0.831. The molecule has 1 fully saturated rings. The molecular weight excluding hydrogens is 356 g/mol. The van der Waals surface area contributed by atoms with E-state index in [1.807, 2.05) is 0 Å². The molecule has 2 N–H and O–H groups in total. The maximum atomic E-state index is 12.0. The van der Waals surface area contributed by atoms with Gasteiger partial charge in [0.1, 0.15) is 4.90 Å². The van der Waals surface area contributed by atoms with Gasteiger partial charge in [0.05, 0.1) is 11.6 Å². The van der Waals surface area contributed by atoms with Gasteiger partial charge in [-0.1, -0.05) is 27.5 Å². The lowest BCUT2D eigenvalue weighted by Crippen LogP contribution is -2.37. The second-order valence-corrected chi connectivity index (χ2v) is 7.30. The Morgan fingerprint density at radius 2 is 2.11 bits per heavy atom. The van der Waals surface area contributed by atoms with Crippen molar-refractivity contribution >= 4 is 43.5 Å². The molecule has 1 saturated carbocycles. The van der Waals surface area contributed by atoms with E-state index in [0.29, 0.717) is 4.47 Å². The Morgan fingerprint density at radius 1 is 1.42 bits per heavy atom. The van der Waals surface area contributed by atoms with Crippen LogP contribution in [0.4, 0.5) is 0 Å². The monoisotopic (exact) mass is 366 g/mol. The number of hydrogen-bond acceptors (Lipinski definition) is 3. The lowest BCUT2D eigenvalue weighted by Gasteiger charge is -2.08. The summed E-state index contributed by atoms with van der Waals surface area (Å²) in [4.78, 5) is 11.4. The average Bonchev–Trinajstić information content (AvgIpc) is 3.10. The van der Waals surface area contributed by atoms with E-state index < -0.39 is 10.0 Å². The fourth-order valence-corrected chi connectivity index (χ4v) is 3.46. The summed E-state index contributed by atoms with van der Waals surface area (Å²) in [5, 5.41) is 2.80. The molecule has 0 radical (unpaired) electrons. The van der Waals surface area contributed by atoms with Crippen molar-refractivity contribution < 1.29 is 13.2 Å². The Morgan fingerprint density at radius 3 is 2.68 bits per heavy atom. The molecule has 0 atom stereocenters. The van der Waals surface area contributed by atoms with Crippen molar-refractivity contribution in [2.24, 2.45) is 0 Å². The van der Waals surface area contributed by atoms with Gasteiger partial charge in [-0.05, 0) is 31.0 Å². The van der Waals surface area contributed by atoms with Gasteiger partial charge >= 0.3 is 0 Å². The van der Waals surface area contributed by atoms with Gasteiger partial charge in [0.2, 0.25) is 15.9 Å². The van der Waals surface area contributed by atoms with E-state index in [9.17, 15) is 13.2 Å². The summed E-state index contributed by atoms with van der Waals surface area (Å²) in [7, 11) is -3.78. The molecule has 1 aromatic rings. The summed E-state index contributed by atoms with van der Waals surface area (Å²) >= 11 is 9.07. The van der Waals surface area contributed by atoms with Crippen LogP contribution in [0, 0.1) is 0 Å². The van der Waals surface area contributed by atoms with Crippen LogP contribution in [0.25, 0.3) is 0 Å². The fourth-order valence-electron chi connectivity index (χ4n) is 1.44. The Hall–Kier alpha value is -0.630. The highest BCUT2D eigenvalue weighted by atomic mass is 79.9. The SMILES string of the molecule is O=C(CNS(=O)(=O)c1ccc(Br)cc1Cl)NC1CC1. The van der Waals surface area contributed by atoms with Crippen molar-refractivity contribution in [3.8, 4) is 0 Å². The van der Waals surface area contributed by atoms with E-state index in [1.54, 1.807) is 6.07 Å². The summed E-state index contributed by atoms with van der Waals surface area (Å²) < 4.78 is 26.9. The van der Waals surface area contributed by atoms with E-state index in [1.165, 1.54) is 12.1 Å². The van der Waals surface area contributed by atoms with Crippen LogP contribution in [0.5, 0.6) is 0 Å². The molecule has 1 aliphatic rings. The topological polar surface area (TPSA) is 75.3 Å². The highest BCUT2D eigenvalue weighted by Gasteiger charge is 2.24. The molecule has 19 heavy (non-hydrogen) atoms. The second kappa shape index (κ2) is 5.78. The van der Waals surface area contributed by atoms with Crippen LogP contribution in [-0.2, 0) is 14.8 Å². The number of hydrogen-bond donors (Lipinski definition) is 2. The number of halogens is 2.